The second-order valence-corrected chi connectivity index (χ2v) is 4.01. The molecule has 0 aliphatic carbocycles. The molecule has 0 bridgehead atoms. The first kappa shape index (κ1) is 9.97. The fourth-order valence-electron chi connectivity index (χ4n) is 2.20. The molecule has 0 aliphatic rings. The van der Waals surface area contributed by atoms with Crippen LogP contribution < -0.4 is 0 Å². The molecule has 78 valence electrons. The molecule has 1 aromatic heterocycles. The molecule has 0 aliphatic heterocycles. The Balaban J connectivity index is 2.58. The van der Waals surface area contributed by atoms with Crippen molar-refractivity contribution in [2.45, 2.75) is 26.2 Å². The molecule has 0 amide bonds. The van der Waals surface area contributed by atoms with Crippen molar-refractivity contribution < 1.29 is 4.79 Å². The van der Waals surface area contributed by atoms with Gasteiger partial charge in [-0.3, -0.25) is 0 Å². The third-order valence-corrected chi connectivity index (χ3v) is 2.89. The van der Waals surface area contributed by atoms with E-state index in [-0.39, 0.29) is 0 Å². The average molecular weight is 201 g/mol. The zero-order chi connectivity index (χ0) is 10.8. The zero-order valence-corrected chi connectivity index (χ0v) is 9.08. The highest BCUT2D eigenvalue weighted by atomic mass is 16.1. The van der Waals surface area contributed by atoms with Crippen molar-refractivity contribution in [3.05, 3.63) is 35.5 Å². The second kappa shape index (κ2) is 3.89. The molecular weight excluding hydrogens is 186 g/mol. The molecule has 1 N–H and O–H groups in total. The molecule has 1 aromatic carbocycles. The molecular formula is C13H15NO. The normalized spacial score (nSPS) is 12.9. The maximum Gasteiger partial charge on any atom is 0.120 e. The van der Waals surface area contributed by atoms with Crippen molar-refractivity contribution in [2.75, 3.05) is 0 Å². The van der Waals surface area contributed by atoms with Gasteiger partial charge in [0.2, 0.25) is 0 Å². The number of aromatic nitrogens is 1. The van der Waals surface area contributed by atoms with Crippen molar-refractivity contribution in [1.82, 2.24) is 4.98 Å². The van der Waals surface area contributed by atoms with Gasteiger partial charge < -0.3 is 9.78 Å². The summed E-state index contributed by atoms with van der Waals surface area (Å²) in [6.07, 6.45) is 1.58. The predicted molar refractivity (Wildman–Crippen MR) is 62.1 cm³/mol. The van der Waals surface area contributed by atoms with Crippen LogP contribution in [0.1, 0.15) is 30.5 Å². The number of hydrogen-bond acceptors (Lipinski definition) is 1. The van der Waals surface area contributed by atoms with E-state index in [1.165, 1.54) is 16.6 Å². The van der Waals surface area contributed by atoms with Crippen LogP contribution in [0.5, 0.6) is 0 Å². The molecule has 2 nitrogen and oxygen atoms in total. The first-order valence-corrected chi connectivity index (χ1v) is 5.25. The molecule has 0 saturated heterocycles. The Morgan fingerprint density at radius 1 is 1.40 bits per heavy atom. The summed E-state index contributed by atoms with van der Waals surface area (Å²) in [4.78, 5) is 13.9. The standard InChI is InChI=1S/C13H15NO/c1-9(7-8-15)13-10(2)14-12-6-4-3-5-11(12)13/h3-6,8-9,14H,7H2,1-2H3. The molecule has 2 rings (SSSR count). The van der Waals surface area contributed by atoms with Gasteiger partial charge in [0.1, 0.15) is 6.29 Å². The summed E-state index contributed by atoms with van der Waals surface area (Å²) in [6, 6.07) is 8.23. The van der Waals surface area contributed by atoms with Crippen LogP contribution in [0, 0.1) is 6.92 Å². The number of H-pyrrole nitrogens is 1. The van der Waals surface area contributed by atoms with E-state index >= 15 is 0 Å². The first-order valence-electron chi connectivity index (χ1n) is 5.25. The van der Waals surface area contributed by atoms with E-state index in [1.807, 2.05) is 12.1 Å². The number of para-hydroxylation sites is 1. The van der Waals surface area contributed by atoms with Crippen molar-refractivity contribution in [1.29, 1.82) is 0 Å². The fraction of sp³-hybridized carbons (Fsp3) is 0.308. The molecule has 0 spiro atoms. The van der Waals surface area contributed by atoms with E-state index in [0.29, 0.717) is 12.3 Å². The summed E-state index contributed by atoms with van der Waals surface area (Å²) in [5.74, 6) is 0.290. The fourth-order valence-corrected chi connectivity index (χ4v) is 2.20. The Morgan fingerprint density at radius 2 is 2.13 bits per heavy atom. The zero-order valence-electron chi connectivity index (χ0n) is 9.08. The SMILES string of the molecule is Cc1[nH]c2ccccc2c1C(C)CC=O. The van der Waals surface area contributed by atoms with Gasteiger partial charge >= 0.3 is 0 Å². The Kier molecular flexibility index (Phi) is 2.58. The van der Waals surface area contributed by atoms with E-state index in [2.05, 4.69) is 31.0 Å². The summed E-state index contributed by atoms with van der Waals surface area (Å²) < 4.78 is 0. The van der Waals surface area contributed by atoms with Gasteiger partial charge in [-0.25, -0.2) is 0 Å². The minimum absolute atomic E-state index is 0.290. The van der Waals surface area contributed by atoms with E-state index in [1.54, 1.807) is 0 Å². The number of carbonyl (C=O) groups is 1. The number of aldehydes is 1. The van der Waals surface area contributed by atoms with Crippen LogP contribution >= 0.6 is 0 Å². The van der Waals surface area contributed by atoms with Crippen LogP contribution in [0.2, 0.25) is 0 Å². The van der Waals surface area contributed by atoms with Gasteiger partial charge in [-0.05, 0) is 24.5 Å². The summed E-state index contributed by atoms with van der Waals surface area (Å²) in [7, 11) is 0. The van der Waals surface area contributed by atoms with Crippen LogP contribution in [-0.4, -0.2) is 11.3 Å². The van der Waals surface area contributed by atoms with Crippen LogP contribution in [0.15, 0.2) is 24.3 Å². The lowest BCUT2D eigenvalue weighted by Crippen LogP contribution is -1.95. The van der Waals surface area contributed by atoms with Crippen LogP contribution in [-0.2, 0) is 4.79 Å². The number of rotatable bonds is 3. The van der Waals surface area contributed by atoms with Gasteiger partial charge in [0.25, 0.3) is 0 Å². The number of fused-ring (bicyclic) bond motifs is 1. The van der Waals surface area contributed by atoms with Crippen LogP contribution in [0.3, 0.4) is 0 Å². The number of nitrogens with one attached hydrogen (secondary N) is 1. The number of aryl methyl sites for hydroxylation is 1. The number of benzene rings is 1. The summed E-state index contributed by atoms with van der Waals surface area (Å²) in [5, 5.41) is 1.24. The highest BCUT2D eigenvalue weighted by Gasteiger charge is 2.13. The first-order chi connectivity index (χ1) is 7.24. The minimum Gasteiger partial charge on any atom is -0.358 e. The molecule has 2 heteroatoms. The molecule has 1 atom stereocenters. The van der Waals surface area contributed by atoms with Gasteiger partial charge in [-0.1, -0.05) is 25.1 Å². The Bertz CT molecular complexity index is 484. The summed E-state index contributed by atoms with van der Waals surface area (Å²) >= 11 is 0. The largest absolute Gasteiger partial charge is 0.358 e. The van der Waals surface area contributed by atoms with Crippen LogP contribution in [0.25, 0.3) is 10.9 Å². The smallest absolute Gasteiger partial charge is 0.120 e. The van der Waals surface area contributed by atoms with E-state index < -0.39 is 0 Å². The maximum atomic E-state index is 10.5. The predicted octanol–water partition coefficient (Wildman–Crippen LogP) is 3.17. The van der Waals surface area contributed by atoms with Gasteiger partial charge in [0.05, 0.1) is 0 Å². The van der Waals surface area contributed by atoms with Gasteiger partial charge in [-0.15, -0.1) is 0 Å². The number of aromatic amines is 1. The minimum atomic E-state index is 0.290. The van der Waals surface area contributed by atoms with E-state index in [9.17, 15) is 4.79 Å². The third-order valence-electron chi connectivity index (χ3n) is 2.89. The highest BCUT2D eigenvalue weighted by Crippen LogP contribution is 2.30. The van der Waals surface area contributed by atoms with Crippen molar-refractivity contribution in [2.24, 2.45) is 0 Å². The monoisotopic (exact) mass is 201 g/mol. The lowest BCUT2D eigenvalue weighted by molar-refractivity contribution is -0.108. The molecule has 1 heterocycles. The van der Waals surface area contributed by atoms with E-state index in [0.717, 1.165) is 11.8 Å². The van der Waals surface area contributed by atoms with Crippen molar-refractivity contribution in [3.8, 4) is 0 Å². The van der Waals surface area contributed by atoms with Crippen molar-refractivity contribution in [3.63, 3.8) is 0 Å². The lowest BCUT2D eigenvalue weighted by atomic mass is 9.95. The molecule has 0 saturated carbocycles. The van der Waals surface area contributed by atoms with Crippen molar-refractivity contribution >= 4 is 17.2 Å². The molecule has 0 radical (unpaired) electrons. The molecule has 0 fully saturated rings. The Hall–Kier alpha value is -1.57. The van der Waals surface area contributed by atoms with E-state index in [4.69, 9.17) is 0 Å². The van der Waals surface area contributed by atoms with Gasteiger partial charge in [0.15, 0.2) is 0 Å². The van der Waals surface area contributed by atoms with Gasteiger partial charge in [0, 0.05) is 23.0 Å². The topological polar surface area (TPSA) is 32.9 Å². The molecule has 2 aromatic rings. The lowest BCUT2D eigenvalue weighted by Gasteiger charge is -2.07. The maximum absolute atomic E-state index is 10.5. The third kappa shape index (κ3) is 1.67. The average Bonchev–Trinajstić information content (AvgIpc) is 2.54. The van der Waals surface area contributed by atoms with Gasteiger partial charge in [-0.2, -0.15) is 0 Å². The molecule has 1 unspecified atom stereocenters. The molecule has 15 heavy (non-hydrogen) atoms. The summed E-state index contributed by atoms with van der Waals surface area (Å²) in [5.41, 5.74) is 3.60. The number of carbonyl (C=O) groups excluding carboxylic acids is 1. The quantitative estimate of drug-likeness (QED) is 0.760. The Morgan fingerprint density at radius 3 is 2.87 bits per heavy atom. The Labute approximate surface area is 89.3 Å². The highest BCUT2D eigenvalue weighted by molar-refractivity contribution is 5.85. The summed E-state index contributed by atoms with van der Waals surface area (Å²) in [6.45, 7) is 4.16. The van der Waals surface area contributed by atoms with Crippen LogP contribution in [0.4, 0.5) is 0 Å². The second-order valence-electron chi connectivity index (χ2n) is 4.01. The number of hydrogen-bond donors (Lipinski definition) is 1.